The number of rotatable bonds is 7. The zero-order chi connectivity index (χ0) is 17.9. The molecule has 1 amide bonds. The first-order valence-corrected chi connectivity index (χ1v) is 10.2. The van der Waals surface area contributed by atoms with Crippen LogP contribution in [0.5, 0.6) is 5.75 Å². The number of sulfonamides is 1. The van der Waals surface area contributed by atoms with Gasteiger partial charge < -0.3 is 15.4 Å². The summed E-state index contributed by atoms with van der Waals surface area (Å²) < 4.78 is 33.4. The van der Waals surface area contributed by atoms with Crippen LogP contribution in [0.25, 0.3) is 0 Å². The molecule has 0 spiro atoms. The van der Waals surface area contributed by atoms with Gasteiger partial charge in [-0.05, 0) is 31.0 Å². The molecular formula is C17H25N3O4S. The molecule has 0 bridgehead atoms. The van der Waals surface area contributed by atoms with Crippen molar-refractivity contribution < 1.29 is 17.9 Å². The predicted octanol–water partition coefficient (Wildman–Crippen LogP) is 0.865. The minimum absolute atomic E-state index is 0.0138. The van der Waals surface area contributed by atoms with E-state index < -0.39 is 10.0 Å². The zero-order valence-corrected chi connectivity index (χ0v) is 15.2. The lowest BCUT2D eigenvalue weighted by Gasteiger charge is -2.27. The van der Waals surface area contributed by atoms with Crippen LogP contribution in [-0.4, -0.2) is 47.1 Å². The summed E-state index contributed by atoms with van der Waals surface area (Å²) in [5.41, 5.74) is 0.319. The molecule has 1 heterocycles. The molecule has 8 heteroatoms. The van der Waals surface area contributed by atoms with Crippen molar-refractivity contribution in [3.8, 4) is 5.75 Å². The van der Waals surface area contributed by atoms with E-state index >= 15 is 0 Å². The first-order chi connectivity index (χ1) is 12.0. The molecule has 3 rings (SSSR count). The van der Waals surface area contributed by atoms with Crippen LogP contribution in [0.2, 0.25) is 0 Å². The topological polar surface area (TPSA) is 96.5 Å². The monoisotopic (exact) mass is 367 g/mol. The fraction of sp³-hybridized carbons (Fsp3) is 0.588. The summed E-state index contributed by atoms with van der Waals surface area (Å²) in [5, 5.41) is 6.00. The lowest BCUT2D eigenvalue weighted by atomic mass is 10.0. The Morgan fingerprint density at radius 3 is 2.60 bits per heavy atom. The minimum Gasteiger partial charge on any atom is -0.495 e. The number of ether oxygens (including phenoxy) is 1. The molecular weight excluding hydrogens is 342 g/mol. The van der Waals surface area contributed by atoms with E-state index in [2.05, 4.69) is 15.4 Å². The SMILES string of the molecule is COc1ccc(C(=O)NCC2CNC2)cc1S(=O)(=O)NC1CCCC1. The molecule has 1 aliphatic heterocycles. The largest absolute Gasteiger partial charge is 0.495 e. The van der Waals surface area contributed by atoms with Crippen molar-refractivity contribution in [2.45, 2.75) is 36.6 Å². The molecule has 0 atom stereocenters. The number of carbonyl (C=O) groups excluding carboxylic acids is 1. The highest BCUT2D eigenvalue weighted by Gasteiger charge is 2.27. The second kappa shape index (κ2) is 7.72. The van der Waals surface area contributed by atoms with Gasteiger partial charge in [-0.3, -0.25) is 4.79 Å². The molecule has 1 aliphatic carbocycles. The van der Waals surface area contributed by atoms with Crippen LogP contribution in [-0.2, 0) is 10.0 Å². The standard InChI is InChI=1S/C17H25N3O4S/c1-24-15-7-6-13(17(21)19-11-12-9-18-10-12)8-16(15)25(22,23)20-14-4-2-3-5-14/h6-8,12,14,18,20H,2-5,9-11H2,1H3,(H,19,21). The minimum atomic E-state index is -3.73. The first kappa shape index (κ1) is 18.2. The molecule has 1 saturated carbocycles. The highest BCUT2D eigenvalue weighted by Crippen LogP contribution is 2.27. The number of benzene rings is 1. The molecule has 1 aromatic carbocycles. The lowest BCUT2D eigenvalue weighted by molar-refractivity contribution is 0.0942. The van der Waals surface area contributed by atoms with Gasteiger partial charge >= 0.3 is 0 Å². The van der Waals surface area contributed by atoms with Gasteiger partial charge in [-0.25, -0.2) is 13.1 Å². The maximum Gasteiger partial charge on any atom is 0.251 e. The van der Waals surface area contributed by atoms with Gasteiger partial charge in [0.1, 0.15) is 10.6 Å². The average molecular weight is 367 g/mol. The summed E-state index contributed by atoms with van der Waals surface area (Å²) in [5.74, 6) is 0.409. The van der Waals surface area contributed by atoms with Crippen molar-refractivity contribution in [3.63, 3.8) is 0 Å². The van der Waals surface area contributed by atoms with E-state index in [-0.39, 0.29) is 22.6 Å². The highest BCUT2D eigenvalue weighted by atomic mass is 32.2. The molecule has 7 nitrogen and oxygen atoms in total. The quantitative estimate of drug-likeness (QED) is 0.664. The average Bonchev–Trinajstić information content (AvgIpc) is 3.04. The second-order valence-corrected chi connectivity index (χ2v) is 8.39. The van der Waals surface area contributed by atoms with E-state index in [9.17, 15) is 13.2 Å². The molecule has 3 N–H and O–H groups in total. The summed E-state index contributed by atoms with van der Waals surface area (Å²) in [6.45, 7) is 2.38. The maximum atomic E-state index is 12.7. The lowest BCUT2D eigenvalue weighted by Crippen LogP contribution is -2.48. The Labute approximate surface area is 148 Å². The van der Waals surface area contributed by atoms with Crippen molar-refractivity contribution in [1.82, 2.24) is 15.4 Å². The van der Waals surface area contributed by atoms with Gasteiger partial charge in [0, 0.05) is 37.2 Å². The molecule has 2 aliphatic rings. The van der Waals surface area contributed by atoms with Crippen LogP contribution in [0.3, 0.4) is 0 Å². The third-order valence-electron chi connectivity index (χ3n) is 4.81. The number of methoxy groups -OCH3 is 1. The normalized spacial score (nSPS) is 18.8. The van der Waals surface area contributed by atoms with Crippen molar-refractivity contribution in [3.05, 3.63) is 23.8 Å². The molecule has 0 unspecified atom stereocenters. The molecule has 1 saturated heterocycles. The second-order valence-electron chi connectivity index (χ2n) is 6.70. The van der Waals surface area contributed by atoms with E-state index in [0.717, 1.165) is 38.8 Å². The van der Waals surface area contributed by atoms with Crippen LogP contribution in [0.1, 0.15) is 36.0 Å². The van der Waals surface area contributed by atoms with Crippen LogP contribution >= 0.6 is 0 Å². The zero-order valence-electron chi connectivity index (χ0n) is 14.4. The van der Waals surface area contributed by atoms with Crippen molar-refractivity contribution >= 4 is 15.9 Å². The van der Waals surface area contributed by atoms with Gasteiger partial charge in [-0.15, -0.1) is 0 Å². The van der Waals surface area contributed by atoms with Gasteiger partial charge in [0.2, 0.25) is 10.0 Å². The number of amides is 1. The Morgan fingerprint density at radius 2 is 2.00 bits per heavy atom. The predicted molar refractivity (Wildman–Crippen MR) is 94.3 cm³/mol. The van der Waals surface area contributed by atoms with Crippen LogP contribution in [0.15, 0.2) is 23.1 Å². The Bertz CT molecular complexity index is 725. The Morgan fingerprint density at radius 1 is 1.28 bits per heavy atom. The van der Waals surface area contributed by atoms with Gasteiger partial charge in [0.25, 0.3) is 5.91 Å². The number of carbonyl (C=O) groups is 1. The summed E-state index contributed by atoms with van der Waals surface area (Å²) >= 11 is 0. The van der Waals surface area contributed by atoms with Crippen molar-refractivity contribution in [1.29, 1.82) is 0 Å². The smallest absolute Gasteiger partial charge is 0.251 e. The molecule has 138 valence electrons. The molecule has 2 fully saturated rings. The molecule has 0 radical (unpaired) electrons. The van der Waals surface area contributed by atoms with Crippen LogP contribution < -0.4 is 20.1 Å². The maximum absolute atomic E-state index is 12.7. The summed E-state index contributed by atoms with van der Waals surface area (Å²) in [7, 11) is -2.31. The van der Waals surface area contributed by atoms with Crippen molar-refractivity contribution in [2.75, 3.05) is 26.7 Å². The van der Waals surface area contributed by atoms with Crippen molar-refractivity contribution in [2.24, 2.45) is 5.92 Å². The highest BCUT2D eigenvalue weighted by molar-refractivity contribution is 7.89. The van der Waals surface area contributed by atoms with Gasteiger partial charge in [0.05, 0.1) is 7.11 Å². The van der Waals surface area contributed by atoms with Gasteiger partial charge in [0.15, 0.2) is 0 Å². The van der Waals surface area contributed by atoms with E-state index in [1.807, 2.05) is 0 Å². The molecule has 25 heavy (non-hydrogen) atoms. The number of hydrogen-bond acceptors (Lipinski definition) is 5. The summed E-state index contributed by atoms with van der Waals surface area (Å²) in [4.78, 5) is 12.3. The summed E-state index contributed by atoms with van der Waals surface area (Å²) in [6, 6.07) is 4.47. The van der Waals surface area contributed by atoms with E-state index in [1.165, 1.54) is 19.2 Å². The van der Waals surface area contributed by atoms with E-state index in [4.69, 9.17) is 4.74 Å². The molecule has 0 aromatic heterocycles. The number of hydrogen-bond donors (Lipinski definition) is 3. The van der Waals surface area contributed by atoms with Crippen LogP contribution in [0, 0.1) is 5.92 Å². The van der Waals surface area contributed by atoms with Gasteiger partial charge in [-0.1, -0.05) is 12.8 Å². The molecule has 1 aromatic rings. The van der Waals surface area contributed by atoms with Crippen LogP contribution in [0.4, 0.5) is 0 Å². The Kier molecular flexibility index (Phi) is 5.61. The van der Waals surface area contributed by atoms with E-state index in [0.29, 0.717) is 18.0 Å². The fourth-order valence-electron chi connectivity index (χ4n) is 3.19. The Balaban J connectivity index is 1.77. The third-order valence-corrected chi connectivity index (χ3v) is 6.35. The Hall–Kier alpha value is -1.64. The number of nitrogens with one attached hydrogen (secondary N) is 3. The van der Waals surface area contributed by atoms with E-state index in [1.54, 1.807) is 6.07 Å². The fourth-order valence-corrected chi connectivity index (χ4v) is 4.69. The third kappa shape index (κ3) is 4.31. The first-order valence-electron chi connectivity index (χ1n) is 8.69. The van der Waals surface area contributed by atoms with Gasteiger partial charge in [-0.2, -0.15) is 0 Å². The summed E-state index contributed by atoms with van der Waals surface area (Å²) in [6.07, 6.45) is 3.75.